The normalized spacial score (nSPS) is 20.9. The minimum atomic E-state index is 0.459. The Hall–Kier alpha value is -0.220. The summed E-state index contributed by atoms with van der Waals surface area (Å²) in [5, 5.41) is 0.459. The van der Waals surface area contributed by atoms with Crippen molar-refractivity contribution in [3.63, 3.8) is 0 Å². The first-order valence-corrected chi connectivity index (χ1v) is 8.32. The van der Waals surface area contributed by atoms with Crippen LogP contribution in [0.5, 0.6) is 5.75 Å². The SMILES string of the molecule is COc1cc(Br)ccc1C1=CPC(SC)NN1. The van der Waals surface area contributed by atoms with Crippen molar-refractivity contribution in [1.82, 2.24) is 10.9 Å². The van der Waals surface area contributed by atoms with E-state index in [2.05, 4.69) is 38.9 Å². The predicted octanol–water partition coefficient (Wildman–Crippen LogP) is 3.19. The highest BCUT2D eigenvalue weighted by Gasteiger charge is 2.15. The fraction of sp³-hybridized carbons (Fsp3) is 0.273. The lowest BCUT2D eigenvalue weighted by molar-refractivity contribution is 0.412. The van der Waals surface area contributed by atoms with E-state index in [4.69, 9.17) is 4.74 Å². The van der Waals surface area contributed by atoms with Crippen LogP contribution in [0.1, 0.15) is 5.56 Å². The van der Waals surface area contributed by atoms with Gasteiger partial charge >= 0.3 is 0 Å². The third kappa shape index (κ3) is 3.16. The molecule has 1 heterocycles. The molecule has 0 saturated heterocycles. The number of methoxy groups -OCH3 is 1. The van der Waals surface area contributed by atoms with Crippen LogP contribution in [-0.4, -0.2) is 18.5 Å². The molecule has 0 spiro atoms. The van der Waals surface area contributed by atoms with E-state index < -0.39 is 0 Å². The fourth-order valence-electron chi connectivity index (χ4n) is 1.54. The van der Waals surface area contributed by atoms with Crippen molar-refractivity contribution in [3.8, 4) is 5.75 Å². The molecule has 0 aliphatic carbocycles. The number of hydrogen-bond donors (Lipinski definition) is 2. The quantitative estimate of drug-likeness (QED) is 0.833. The molecular formula is C11H14BrN2OPS. The fourth-order valence-corrected chi connectivity index (χ4v) is 3.51. The molecule has 0 bridgehead atoms. The Morgan fingerprint density at radius 1 is 1.47 bits per heavy atom. The Labute approximate surface area is 116 Å². The summed E-state index contributed by atoms with van der Waals surface area (Å²) in [5.41, 5.74) is 8.67. The van der Waals surface area contributed by atoms with Crippen LogP contribution < -0.4 is 15.6 Å². The van der Waals surface area contributed by atoms with Gasteiger partial charge < -0.3 is 10.2 Å². The molecule has 1 aromatic carbocycles. The molecule has 1 aliphatic heterocycles. The van der Waals surface area contributed by atoms with E-state index >= 15 is 0 Å². The summed E-state index contributed by atoms with van der Waals surface area (Å²) in [4.78, 5) is 0. The van der Waals surface area contributed by atoms with Crippen LogP contribution in [0.4, 0.5) is 0 Å². The number of hydrogen-bond acceptors (Lipinski definition) is 4. The van der Waals surface area contributed by atoms with Gasteiger partial charge in [-0.25, -0.2) is 5.43 Å². The second-order valence-electron chi connectivity index (χ2n) is 3.45. The molecule has 6 heteroatoms. The molecule has 17 heavy (non-hydrogen) atoms. The van der Waals surface area contributed by atoms with Crippen molar-refractivity contribution in [2.75, 3.05) is 13.4 Å². The highest BCUT2D eigenvalue weighted by atomic mass is 79.9. The monoisotopic (exact) mass is 332 g/mol. The van der Waals surface area contributed by atoms with Crippen molar-refractivity contribution >= 4 is 42.0 Å². The molecule has 2 unspecified atom stereocenters. The summed E-state index contributed by atoms with van der Waals surface area (Å²) >= 11 is 5.26. The molecule has 2 rings (SSSR count). The predicted molar refractivity (Wildman–Crippen MR) is 80.6 cm³/mol. The number of ether oxygens (including phenoxy) is 1. The van der Waals surface area contributed by atoms with Gasteiger partial charge in [0.25, 0.3) is 0 Å². The smallest absolute Gasteiger partial charge is 0.129 e. The summed E-state index contributed by atoms with van der Waals surface area (Å²) in [5.74, 6) is 3.09. The highest BCUT2D eigenvalue weighted by Crippen LogP contribution is 2.35. The van der Waals surface area contributed by atoms with E-state index in [1.807, 2.05) is 30.0 Å². The number of halogens is 1. The third-order valence-electron chi connectivity index (χ3n) is 2.41. The largest absolute Gasteiger partial charge is 0.496 e. The summed E-state index contributed by atoms with van der Waals surface area (Å²) in [6.45, 7) is 0. The molecule has 2 atom stereocenters. The van der Waals surface area contributed by atoms with Crippen LogP contribution in [0.15, 0.2) is 28.5 Å². The van der Waals surface area contributed by atoms with Crippen molar-refractivity contribution in [2.24, 2.45) is 0 Å². The van der Waals surface area contributed by atoms with Gasteiger partial charge in [-0.1, -0.05) is 24.5 Å². The van der Waals surface area contributed by atoms with Gasteiger partial charge in [-0.05, 0) is 30.3 Å². The maximum atomic E-state index is 5.39. The van der Waals surface area contributed by atoms with E-state index in [9.17, 15) is 0 Å². The first-order chi connectivity index (χ1) is 8.24. The van der Waals surface area contributed by atoms with Gasteiger partial charge in [-0.3, -0.25) is 0 Å². The van der Waals surface area contributed by atoms with Gasteiger partial charge in [0, 0.05) is 10.0 Å². The molecule has 0 aromatic heterocycles. The minimum Gasteiger partial charge on any atom is -0.496 e. The zero-order valence-corrected chi connectivity index (χ0v) is 13.0. The van der Waals surface area contributed by atoms with Crippen LogP contribution in [-0.2, 0) is 0 Å². The van der Waals surface area contributed by atoms with Gasteiger partial charge in [0.05, 0.1) is 17.9 Å². The molecule has 0 saturated carbocycles. The standard InChI is InChI=1S/C11H14BrN2OPS/c1-15-10-5-7(12)3-4-8(10)9-6-16-11(17-2)14-13-9/h3-6,11,13-14,16H,1-2H3. The van der Waals surface area contributed by atoms with Gasteiger partial charge in [0.15, 0.2) is 0 Å². The topological polar surface area (TPSA) is 33.3 Å². The van der Waals surface area contributed by atoms with E-state index in [1.54, 1.807) is 7.11 Å². The van der Waals surface area contributed by atoms with Gasteiger partial charge in [-0.2, -0.15) is 0 Å². The molecule has 1 aromatic rings. The van der Waals surface area contributed by atoms with Crippen LogP contribution in [0.2, 0.25) is 0 Å². The van der Waals surface area contributed by atoms with E-state index in [0.717, 1.165) is 30.1 Å². The second-order valence-corrected chi connectivity index (χ2v) is 6.93. The second kappa shape index (κ2) is 6.10. The molecule has 0 amide bonds. The molecule has 3 nitrogen and oxygen atoms in total. The Kier molecular flexibility index (Phi) is 4.74. The maximum absolute atomic E-state index is 5.39. The van der Waals surface area contributed by atoms with Gasteiger partial charge in [0.1, 0.15) is 5.75 Å². The summed E-state index contributed by atoms with van der Waals surface area (Å²) in [6, 6.07) is 6.04. The van der Waals surface area contributed by atoms with E-state index in [1.165, 1.54) is 0 Å². The Bertz CT molecular complexity index is 441. The van der Waals surface area contributed by atoms with Crippen molar-refractivity contribution < 1.29 is 4.74 Å². The Morgan fingerprint density at radius 3 is 2.88 bits per heavy atom. The summed E-state index contributed by atoms with van der Waals surface area (Å²) < 4.78 is 6.41. The molecule has 2 N–H and O–H groups in total. The summed E-state index contributed by atoms with van der Waals surface area (Å²) in [6.07, 6.45) is 2.10. The molecule has 1 aliphatic rings. The van der Waals surface area contributed by atoms with Gasteiger partial charge in [-0.15, -0.1) is 11.8 Å². The third-order valence-corrected chi connectivity index (χ3v) is 5.51. The number of benzene rings is 1. The minimum absolute atomic E-state index is 0.459. The maximum Gasteiger partial charge on any atom is 0.129 e. The number of thioether (sulfide) groups is 1. The molecule has 92 valence electrons. The van der Waals surface area contributed by atoms with Crippen molar-refractivity contribution in [1.29, 1.82) is 0 Å². The van der Waals surface area contributed by atoms with Gasteiger partial charge in [0.2, 0.25) is 0 Å². The Morgan fingerprint density at radius 2 is 2.29 bits per heavy atom. The first-order valence-electron chi connectivity index (χ1n) is 5.09. The average molecular weight is 333 g/mol. The number of nitrogens with one attached hydrogen (secondary N) is 2. The summed E-state index contributed by atoms with van der Waals surface area (Å²) in [7, 11) is 2.44. The lowest BCUT2D eigenvalue weighted by Crippen LogP contribution is -2.37. The molecular weight excluding hydrogens is 319 g/mol. The van der Waals surface area contributed by atoms with Crippen LogP contribution in [0.25, 0.3) is 5.70 Å². The Balaban J connectivity index is 2.26. The number of rotatable bonds is 3. The zero-order valence-electron chi connectivity index (χ0n) is 9.58. The first kappa shape index (κ1) is 13.2. The van der Waals surface area contributed by atoms with Crippen LogP contribution in [0.3, 0.4) is 0 Å². The molecule has 0 radical (unpaired) electrons. The van der Waals surface area contributed by atoms with Crippen LogP contribution in [0, 0.1) is 0 Å². The zero-order chi connectivity index (χ0) is 12.3. The average Bonchev–Trinajstić information content (AvgIpc) is 2.39. The lowest BCUT2D eigenvalue weighted by Gasteiger charge is -2.24. The number of hydrazine groups is 1. The van der Waals surface area contributed by atoms with Crippen molar-refractivity contribution in [2.45, 2.75) is 5.11 Å². The van der Waals surface area contributed by atoms with E-state index in [0.29, 0.717) is 5.11 Å². The van der Waals surface area contributed by atoms with E-state index in [-0.39, 0.29) is 0 Å². The highest BCUT2D eigenvalue weighted by molar-refractivity contribution is 9.10. The van der Waals surface area contributed by atoms with Crippen LogP contribution >= 0.6 is 36.3 Å². The van der Waals surface area contributed by atoms with Crippen molar-refractivity contribution in [3.05, 3.63) is 34.1 Å². The lowest BCUT2D eigenvalue weighted by atomic mass is 10.1. The molecule has 0 fully saturated rings.